The largest absolute Gasteiger partial charge is 0.484 e. The first-order chi connectivity index (χ1) is 10.0. The molecule has 3 rings (SSSR count). The molecule has 2 heterocycles. The highest BCUT2D eigenvalue weighted by Crippen LogP contribution is 2.33. The summed E-state index contributed by atoms with van der Waals surface area (Å²) in [5.41, 5.74) is 1.42. The van der Waals surface area contributed by atoms with Crippen molar-refractivity contribution < 1.29 is 14.3 Å². The van der Waals surface area contributed by atoms with Crippen molar-refractivity contribution in [2.75, 3.05) is 44.7 Å². The van der Waals surface area contributed by atoms with Crippen molar-refractivity contribution in [1.29, 1.82) is 0 Å². The molecule has 0 bridgehead atoms. The standard InChI is InChI=1S/C16H22N2O3/c1-16(2)11-17-13-9-12(3-4-15(13)21-16)14(19)10-18-5-7-20-8-6-18/h3-4,9,17H,5-8,10-11H2,1-2H3. The molecule has 1 aromatic rings. The minimum absolute atomic E-state index is 0.145. The lowest BCUT2D eigenvalue weighted by Gasteiger charge is -2.33. The number of anilines is 1. The molecule has 0 radical (unpaired) electrons. The van der Waals surface area contributed by atoms with Crippen LogP contribution in [0, 0.1) is 0 Å². The van der Waals surface area contributed by atoms with Crippen LogP contribution in [0.2, 0.25) is 0 Å². The minimum Gasteiger partial charge on any atom is -0.484 e. The van der Waals surface area contributed by atoms with Crippen molar-refractivity contribution in [3.8, 4) is 5.75 Å². The van der Waals surface area contributed by atoms with Gasteiger partial charge in [-0.25, -0.2) is 0 Å². The predicted molar refractivity (Wildman–Crippen MR) is 81.2 cm³/mol. The molecule has 0 atom stereocenters. The summed E-state index contributed by atoms with van der Waals surface area (Å²) in [5, 5.41) is 3.34. The third-order valence-electron chi connectivity index (χ3n) is 3.86. The molecule has 1 fully saturated rings. The van der Waals surface area contributed by atoms with E-state index < -0.39 is 0 Å². The number of Topliss-reactive ketones (excluding diaryl/α,β-unsaturated/α-hetero) is 1. The van der Waals surface area contributed by atoms with Crippen molar-refractivity contribution in [3.63, 3.8) is 0 Å². The fourth-order valence-corrected chi connectivity index (χ4v) is 2.63. The molecule has 0 aliphatic carbocycles. The maximum Gasteiger partial charge on any atom is 0.176 e. The molecular weight excluding hydrogens is 268 g/mol. The van der Waals surface area contributed by atoms with Gasteiger partial charge in [-0.3, -0.25) is 9.69 Å². The second-order valence-electron chi connectivity index (χ2n) is 6.24. The van der Waals surface area contributed by atoms with Crippen molar-refractivity contribution >= 4 is 11.5 Å². The number of ketones is 1. The Kier molecular flexibility index (Phi) is 3.87. The van der Waals surface area contributed by atoms with Gasteiger partial charge in [-0.15, -0.1) is 0 Å². The summed E-state index contributed by atoms with van der Waals surface area (Å²) in [5.74, 6) is 0.959. The van der Waals surface area contributed by atoms with Crippen LogP contribution in [0.15, 0.2) is 18.2 Å². The molecule has 1 saturated heterocycles. The van der Waals surface area contributed by atoms with Crippen LogP contribution in [0.5, 0.6) is 5.75 Å². The number of ether oxygens (including phenoxy) is 2. The summed E-state index contributed by atoms with van der Waals surface area (Å²) in [6, 6.07) is 5.63. The normalized spacial score (nSPS) is 21.0. The molecule has 2 aliphatic rings. The molecule has 0 saturated carbocycles. The number of benzene rings is 1. The first-order valence-electron chi connectivity index (χ1n) is 7.44. The van der Waals surface area contributed by atoms with E-state index in [-0.39, 0.29) is 11.4 Å². The Morgan fingerprint density at radius 1 is 1.33 bits per heavy atom. The summed E-state index contributed by atoms with van der Waals surface area (Å²) in [7, 11) is 0. The molecular formula is C16H22N2O3. The molecule has 0 spiro atoms. The molecule has 0 aromatic heterocycles. The highest BCUT2D eigenvalue weighted by molar-refractivity contribution is 5.98. The summed E-state index contributed by atoms with van der Waals surface area (Å²) in [4.78, 5) is 14.5. The second-order valence-corrected chi connectivity index (χ2v) is 6.24. The van der Waals surface area contributed by atoms with E-state index in [9.17, 15) is 4.79 Å². The molecule has 114 valence electrons. The number of morpholine rings is 1. The molecule has 0 unspecified atom stereocenters. The average molecular weight is 290 g/mol. The Morgan fingerprint density at radius 3 is 2.86 bits per heavy atom. The summed E-state index contributed by atoms with van der Waals surface area (Å²) in [6.07, 6.45) is 0. The smallest absolute Gasteiger partial charge is 0.176 e. The summed E-state index contributed by atoms with van der Waals surface area (Å²) < 4.78 is 11.2. The summed E-state index contributed by atoms with van der Waals surface area (Å²) >= 11 is 0. The highest BCUT2D eigenvalue weighted by atomic mass is 16.5. The van der Waals surface area contributed by atoms with Crippen LogP contribution in [0.3, 0.4) is 0 Å². The maximum atomic E-state index is 12.4. The second kappa shape index (κ2) is 5.66. The monoisotopic (exact) mass is 290 g/mol. The van der Waals surface area contributed by atoms with E-state index in [2.05, 4.69) is 10.2 Å². The van der Waals surface area contributed by atoms with Crippen LogP contribution in [0.4, 0.5) is 5.69 Å². The summed E-state index contributed by atoms with van der Waals surface area (Å²) in [6.45, 7) is 8.35. The average Bonchev–Trinajstić information content (AvgIpc) is 2.47. The van der Waals surface area contributed by atoms with Gasteiger partial charge in [-0.05, 0) is 32.0 Å². The zero-order valence-electron chi connectivity index (χ0n) is 12.6. The fraction of sp³-hybridized carbons (Fsp3) is 0.562. The van der Waals surface area contributed by atoms with Gasteiger partial charge in [0.2, 0.25) is 0 Å². The Balaban J connectivity index is 1.70. The Labute approximate surface area is 125 Å². The number of rotatable bonds is 3. The first-order valence-corrected chi connectivity index (χ1v) is 7.44. The van der Waals surface area contributed by atoms with Gasteiger partial charge in [0.1, 0.15) is 11.4 Å². The van der Waals surface area contributed by atoms with Gasteiger partial charge in [0.25, 0.3) is 0 Å². The number of carbonyl (C=O) groups excluding carboxylic acids is 1. The number of hydrogen-bond acceptors (Lipinski definition) is 5. The highest BCUT2D eigenvalue weighted by Gasteiger charge is 2.27. The maximum absolute atomic E-state index is 12.4. The minimum atomic E-state index is -0.216. The van der Waals surface area contributed by atoms with E-state index in [4.69, 9.17) is 9.47 Å². The van der Waals surface area contributed by atoms with E-state index in [0.29, 0.717) is 19.8 Å². The lowest BCUT2D eigenvalue weighted by molar-refractivity contribution is 0.0371. The van der Waals surface area contributed by atoms with Crippen LogP contribution in [0.25, 0.3) is 0 Å². The van der Waals surface area contributed by atoms with Gasteiger partial charge in [0.15, 0.2) is 5.78 Å². The van der Waals surface area contributed by atoms with E-state index in [1.807, 2.05) is 32.0 Å². The van der Waals surface area contributed by atoms with Crippen molar-refractivity contribution in [2.45, 2.75) is 19.4 Å². The Bertz CT molecular complexity index is 536. The van der Waals surface area contributed by atoms with E-state index in [1.54, 1.807) is 0 Å². The molecule has 2 aliphatic heterocycles. The molecule has 21 heavy (non-hydrogen) atoms. The van der Waals surface area contributed by atoms with Crippen LogP contribution in [-0.4, -0.2) is 55.7 Å². The molecule has 1 N–H and O–H groups in total. The topological polar surface area (TPSA) is 50.8 Å². The van der Waals surface area contributed by atoms with Crippen molar-refractivity contribution in [2.24, 2.45) is 0 Å². The van der Waals surface area contributed by atoms with E-state index >= 15 is 0 Å². The van der Waals surface area contributed by atoms with Crippen LogP contribution in [0.1, 0.15) is 24.2 Å². The van der Waals surface area contributed by atoms with Crippen LogP contribution in [-0.2, 0) is 4.74 Å². The predicted octanol–water partition coefficient (Wildman–Crippen LogP) is 1.78. The van der Waals surface area contributed by atoms with Crippen molar-refractivity contribution in [3.05, 3.63) is 23.8 Å². The fourth-order valence-electron chi connectivity index (χ4n) is 2.63. The number of nitrogens with zero attached hydrogens (tertiary/aromatic N) is 1. The van der Waals surface area contributed by atoms with Gasteiger partial charge >= 0.3 is 0 Å². The molecule has 0 amide bonds. The molecule has 1 aromatic carbocycles. The third kappa shape index (κ3) is 3.36. The lowest BCUT2D eigenvalue weighted by atomic mass is 10.0. The number of nitrogens with one attached hydrogen (secondary N) is 1. The number of fused-ring (bicyclic) bond motifs is 1. The molecule has 5 nitrogen and oxygen atoms in total. The number of carbonyl (C=O) groups is 1. The van der Waals surface area contributed by atoms with E-state index in [0.717, 1.165) is 36.6 Å². The SMILES string of the molecule is CC1(C)CNc2cc(C(=O)CN3CCOCC3)ccc2O1. The van der Waals surface area contributed by atoms with Gasteiger partial charge in [-0.2, -0.15) is 0 Å². The van der Waals surface area contributed by atoms with Gasteiger partial charge < -0.3 is 14.8 Å². The van der Waals surface area contributed by atoms with Crippen LogP contribution < -0.4 is 10.1 Å². The lowest BCUT2D eigenvalue weighted by Crippen LogP contribution is -2.40. The van der Waals surface area contributed by atoms with Crippen molar-refractivity contribution in [1.82, 2.24) is 4.90 Å². The van der Waals surface area contributed by atoms with Gasteiger partial charge in [0.05, 0.1) is 32.0 Å². The van der Waals surface area contributed by atoms with Gasteiger partial charge in [-0.1, -0.05) is 0 Å². The van der Waals surface area contributed by atoms with Crippen LogP contribution >= 0.6 is 0 Å². The Morgan fingerprint density at radius 2 is 2.10 bits per heavy atom. The van der Waals surface area contributed by atoms with E-state index in [1.165, 1.54) is 0 Å². The zero-order valence-corrected chi connectivity index (χ0v) is 12.6. The molecule has 5 heteroatoms. The Hall–Kier alpha value is -1.59. The third-order valence-corrected chi connectivity index (χ3v) is 3.86. The number of hydrogen-bond donors (Lipinski definition) is 1. The first kappa shape index (κ1) is 14.4. The van der Waals surface area contributed by atoms with Gasteiger partial charge in [0, 0.05) is 18.7 Å². The zero-order chi connectivity index (χ0) is 14.9. The quantitative estimate of drug-likeness (QED) is 0.860.